The molecule has 30 heavy (non-hydrogen) atoms. The minimum absolute atomic E-state index is 0.0247. The number of halogens is 1. The van der Waals surface area contributed by atoms with Crippen molar-refractivity contribution in [2.75, 3.05) is 24.3 Å². The fraction of sp³-hybridized carbons (Fsp3) is 0.300. The number of rotatable bonds is 8. The number of esters is 1. The van der Waals surface area contributed by atoms with Crippen LogP contribution in [0.4, 0.5) is 15.8 Å². The lowest BCUT2D eigenvalue weighted by Crippen LogP contribution is -2.21. The maximum Gasteiger partial charge on any atom is 0.339 e. The highest BCUT2D eigenvalue weighted by Gasteiger charge is 2.20. The number of carbonyl (C=O) groups is 2. The summed E-state index contributed by atoms with van der Waals surface area (Å²) in [5, 5.41) is 13.1. The number of anilines is 1. The first-order valence-corrected chi connectivity index (χ1v) is 10.2. The van der Waals surface area contributed by atoms with Crippen LogP contribution in [0, 0.1) is 15.9 Å². The van der Waals surface area contributed by atoms with Crippen LogP contribution in [0.1, 0.15) is 23.2 Å². The van der Waals surface area contributed by atoms with Gasteiger partial charge in [0.2, 0.25) is 5.82 Å². The molecule has 2 aromatic rings. The molecule has 1 amide bonds. The number of hydrogen-bond donors (Lipinski definition) is 1. The summed E-state index contributed by atoms with van der Waals surface area (Å²) in [6.07, 6.45) is 2.17. The van der Waals surface area contributed by atoms with Crippen LogP contribution in [0.2, 0.25) is 0 Å². The van der Waals surface area contributed by atoms with Crippen molar-refractivity contribution in [1.29, 1.82) is 0 Å². The third-order valence-electron chi connectivity index (χ3n) is 4.32. The molecule has 0 bridgehead atoms. The maximum atomic E-state index is 13.4. The van der Waals surface area contributed by atoms with Gasteiger partial charge in [-0.2, -0.15) is 4.39 Å². The number of amides is 1. The molecule has 1 aliphatic rings. The number of ether oxygens (including phenoxy) is 2. The van der Waals surface area contributed by atoms with Crippen LogP contribution in [0.3, 0.4) is 0 Å². The van der Waals surface area contributed by atoms with E-state index in [1.807, 2.05) is 6.07 Å². The molecule has 2 aromatic carbocycles. The fourth-order valence-corrected chi connectivity index (χ4v) is 3.97. The summed E-state index contributed by atoms with van der Waals surface area (Å²) >= 11 is 1.49. The molecule has 1 saturated heterocycles. The Morgan fingerprint density at radius 1 is 1.30 bits per heavy atom. The minimum Gasteiger partial charge on any atom is -0.452 e. The van der Waals surface area contributed by atoms with E-state index in [4.69, 9.17) is 9.47 Å². The van der Waals surface area contributed by atoms with Crippen molar-refractivity contribution in [2.24, 2.45) is 0 Å². The third kappa shape index (κ3) is 5.77. The zero-order valence-electron chi connectivity index (χ0n) is 15.8. The molecule has 1 N–H and O–H groups in total. The standard InChI is InChI=1S/C20H19FN2O6S/c21-16-8-7-13(10-17(16)23(26)27)22-19(24)11-29-20(25)15-5-1-2-6-18(15)30-12-14-4-3-9-28-14/h1-2,5-8,10,14H,3-4,9,11-12H2,(H,22,24). The third-order valence-corrected chi connectivity index (χ3v) is 5.52. The number of benzene rings is 2. The Morgan fingerprint density at radius 2 is 2.10 bits per heavy atom. The van der Waals surface area contributed by atoms with Crippen molar-refractivity contribution < 1.29 is 28.4 Å². The van der Waals surface area contributed by atoms with Crippen LogP contribution in [-0.4, -0.2) is 41.9 Å². The van der Waals surface area contributed by atoms with Crippen LogP contribution in [-0.2, 0) is 14.3 Å². The van der Waals surface area contributed by atoms with Gasteiger partial charge in [0.05, 0.1) is 16.6 Å². The van der Waals surface area contributed by atoms with Gasteiger partial charge < -0.3 is 14.8 Å². The minimum atomic E-state index is -1.01. The van der Waals surface area contributed by atoms with Crippen LogP contribution in [0.25, 0.3) is 0 Å². The average molecular weight is 434 g/mol. The number of thioether (sulfide) groups is 1. The Bertz CT molecular complexity index is 949. The van der Waals surface area contributed by atoms with Crippen LogP contribution < -0.4 is 5.32 Å². The van der Waals surface area contributed by atoms with Crippen molar-refractivity contribution in [3.8, 4) is 0 Å². The molecule has 0 aliphatic carbocycles. The smallest absolute Gasteiger partial charge is 0.339 e. The average Bonchev–Trinajstić information content (AvgIpc) is 3.25. The summed E-state index contributed by atoms with van der Waals surface area (Å²) in [7, 11) is 0. The molecular formula is C20H19FN2O6S. The molecule has 158 valence electrons. The molecule has 3 rings (SSSR count). The first kappa shape index (κ1) is 21.7. The van der Waals surface area contributed by atoms with Crippen molar-refractivity contribution in [3.63, 3.8) is 0 Å². The Hall–Kier alpha value is -2.98. The molecule has 0 spiro atoms. The van der Waals surface area contributed by atoms with E-state index in [-0.39, 0.29) is 11.8 Å². The normalized spacial score (nSPS) is 15.6. The number of carbonyl (C=O) groups excluding carboxylic acids is 2. The van der Waals surface area contributed by atoms with E-state index < -0.39 is 34.9 Å². The summed E-state index contributed by atoms with van der Waals surface area (Å²) < 4.78 is 24.0. The summed E-state index contributed by atoms with van der Waals surface area (Å²) in [4.78, 5) is 35.1. The van der Waals surface area contributed by atoms with Crippen LogP contribution >= 0.6 is 11.8 Å². The lowest BCUT2D eigenvalue weighted by atomic mass is 10.2. The first-order valence-electron chi connectivity index (χ1n) is 9.18. The quantitative estimate of drug-likeness (QED) is 0.291. The lowest BCUT2D eigenvalue weighted by molar-refractivity contribution is -0.387. The summed E-state index contributed by atoms with van der Waals surface area (Å²) in [5.74, 6) is -1.66. The largest absolute Gasteiger partial charge is 0.452 e. The van der Waals surface area contributed by atoms with E-state index >= 15 is 0 Å². The molecular weight excluding hydrogens is 415 g/mol. The van der Waals surface area contributed by atoms with E-state index in [9.17, 15) is 24.1 Å². The zero-order valence-corrected chi connectivity index (χ0v) is 16.7. The molecule has 1 unspecified atom stereocenters. The predicted octanol–water partition coefficient (Wildman–Crippen LogP) is 3.80. The lowest BCUT2D eigenvalue weighted by Gasteiger charge is -2.12. The highest BCUT2D eigenvalue weighted by atomic mass is 32.2. The number of hydrogen-bond acceptors (Lipinski definition) is 7. The number of nitro groups is 1. The van der Waals surface area contributed by atoms with Crippen molar-refractivity contribution in [1.82, 2.24) is 0 Å². The highest BCUT2D eigenvalue weighted by Crippen LogP contribution is 2.27. The zero-order chi connectivity index (χ0) is 21.5. The molecule has 1 aliphatic heterocycles. The van der Waals surface area contributed by atoms with Gasteiger partial charge in [-0.3, -0.25) is 14.9 Å². The van der Waals surface area contributed by atoms with E-state index in [2.05, 4.69) is 5.32 Å². The molecule has 1 heterocycles. The second-order valence-electron chi connectivity index (χ2n) is 6.49. The van der Waals surface area contributed by atoms with E-state index in [1.54, 1.807) is 18.2 Å². The Balaban J connectivity index is 1.55. The maximum absolute atomic E-state index is 13.4. The SMILES string of the molecule is O=C(COC(=O)c1ccccc1SCC1CCCO1)Nc1ccc(F)c([N+](=O)[O-])c1. The molecule has 8 nitrogen and oxygen atoms in total. The van der Waals surface area contributed by atoms with Gasteiger partial charge in [-0.05, 0) is 37.1 Å². The van der Waals surface area contributed by atoms with E-state index in [0.717, 1.165) is 36.5 Å². The monoisotopic (exact) mass is 434 g/mol. The molecule has 0 saturated carbocycles. The van der Waals surface area contributed by atoms with Gasteiger partial charge in [0.1, 0.15) is 0 Å². The number of nitrogens with zero attached hydrogens (tertiary/aromatic N) is 1. The molecule has 0 radical (unpaired) electrons. The van der Waals surface area contributed by atoms with Crippen LogP contribution in [0.5, 0.6) is 0 Å². The molecule has 0 aromatic heterocycles. The summed E-state index contributed by atoms with van der Waals surface area (Å²) in [5.41, 5.74) is -0.399. The first-order chi connectivity index (χ1) is 14.4. The number of nitrogens with one attached hydrogen (secondary N) is 1. The van der Waals surface area contributed by atoms with Gasteiger partial charge >= 0.3 is 11.7 Å². The van der Waals surface area contributed by atoms with E-state index in [0.29, 0.717) is 11.3 Å². The molecule has 10 heteroatoms. The van der Waals surface area contributed by atoms with Gasteiger partial charge in [-0.1, -0.05) is 12.1 Å². The van der Waals surface area contributed by atoms with Gasteiger partial charge in [0.25, 0.3) is 5.91 Å². The van der Waals surface area contributed by atoms with Gasteiger partial charge in [0.15, 0.2) is 6.61 Å². The van der Waals surface area contributed by atoms with Crippen molar-refractivity contribution in [3.05, 3.63) is 64.0 Å². The van der Waals surface area contributed by atoms with Gasteiger partial charge in [0, 0.05) is 29.0 Å². The second-order valence-corrected chi connectivity index (χ2v) is 7.55. The van der Waals surface area contributed by atoms with Crippen molar-refractivity contribution in [2.45, 2.75) is 23.8 Å². The summed E-state index contributed by atoms with van der Waals surface area (Å²) in [6.45, 7) is 0.163. The van der Waals surface area contributed by atoms with Crippen molar-refractivity contribution >= 4 is 35.0 Å². The molecule has 1 atom stereocenters. The Morgan fingerprint density at radius 3 is 2.83 bits per heavy atom. The molecule has 1 fully saturated rings. The van der Waals surface area contributed by atoms with Gasteiger partial charge in [-0.15, -0.1) is 11.8 Å². The van der Waals surface area contributed by atoms with Crippen LogP contribution in [0.15, 0.2) is 47.4 Å². The highest BCUT2D eigenvalue weighted by molar-refractivity contribution is 7.99. The topological polar surface area (TPSA) is 108 Å². The summed E-state index contributed by atoms with van der Waals surface area (Å²) in [6, 6.07) is 9.87. The number of nitro benzene ring substituents is 1. The second kappa shape index (κ2) is 10.2. The fourth-order valence-electron chi connectivity index (χ4n) is 2.86. The van der Waals surface area contributed by atoms with E-state index in [1.165, 1.54) is 17.8 Å². The predicted molar refractivity (Wildman–Crippen MR) is 108 cm³/mol. The Labute approximate surface area is 175 Å². The Kier molecular flexibility index (Phi) is 7.36. The van der Waals surface area contributed by atoms with Gasteiger partial charge in [-0.25, -0.2) is 4.79 Å².